The molecule has 4 heteroatoms. The average molecular weight is 228 g/mol. The van der Waals surface area contributed by atoms with Gasteiger partial charge in [-0.25, -0.2) is 0 Å². The number of fused-ring (bicyclic) bond motifs is 1. The van der Waals surface area contributed by atoms with Crippen LogP contribution in [0.15, 0.2) is 18.2 Å². The maximum absolute atomic E-state index is 9.95. The third-order valence-electron chi connectivity index (χ3n) is 2.76. The van der Waals surface area contributed by atoms with E-state index in [1.165, 1.54) is 0 Å². The van der Waals surface area contributed by atoms with E-state index in [0.717, 1.165) is 5.56 Å². The molecule has 1 aromatic rings. The smallest absolute Gasteiger partial charge is 0.131 e. The minimum absolute atomic E-state index is 0.456. The molecule has 3 N–H and O–H groups in total. The van der Waals surface area contributed by atoms with Crippen LogP contribution in [0.1, 0.15) is 25.5 Å². The summed E-state index contributed by atoms with van der Waals surface area (Å²) < 4.78 is 5.67. The Bertz CT molecular complexity index is 392. The molecule has 0 saturated carbocycles. The molecule has 1 aliphatic rings. The first kappa shape index (κ1) is 10.7. The van der Waals surface area contributed by atoms with E-state index in [-0.39, 0.29) is 0 Å². The molecular formula is C11H14ClNO2. The molecule has 2 rings (SSSR count). The third-order valence-corrected chi connectivity index (χ3v) is 2.99. The van der Waals surface area contributed by atoms with E-state index < -0.39 is 17.7 Å². The Morgan fingerprint density at radius 2 is 2.13 bits per heavy atom. The second-order valence-corrected chi connectivity index (χ2v) is 4.79. The number of benzene rings is 1. The minimum atomic E-state index is -0.733. The van der Waals surface area contributed by atoms with Crippen LogP contribution in [0.4, 0.5) is 0 Å². The molecule has 0 fully saturated rings. The molecular weight excluding hydrogens is 214 g/mol. The van der Waals surface area contributed by atoms with Crippen molar-refractivity contribution in [1.82, 2.24) is 0 Å². The highest BCUT2D eigenvalue weighted by molar-refractivity contribution is 6.30. The number of nitrogens with two attached hydrogens (primary N) is 1. The van der Waals surface area contributed by atoms with Gasteiger partial charge in [-0.1, -0.05) is 11.6 Å². The Morgan fingerprint density at radius 1 is 1.47 bits per heavy atom. The van der Waals surface area contributed by atoms with Crippen molar-refractivity contribution < 1.29 is 9.84 Å². The van der Waals surface area contributed by atoms with Crippen LogP contribution >= 0.6 is 11.6 Å². The fourth-order valence-corrected chi connectivity index (χ4v) is 2.00. The molecule has 2 atom stereocenters. The maximum atomic E-state index is 9.95. The molecule has 0 spiro atoms. The first-order valence-corrected chi connectivity index (χ1v) is 5.22. The summed E-state index contributed by atoms with van der Waals surface area (Å²) >= 11 is 5.87. The fraction of sp³-hybridized carbons (Fsp3) is 0.455. The van der Waals surface area contributed by atoms with Crippen molar-refractivity contribution in [2.45, 2.75) is 31.6 Å². The molecule has 0 amide bonds. The summed E-state index contributed by atoms with van der Waals surface area (Å²) in [4.78, 5) is 0. The number of ether oxygens (including phenoxy) is 1. The Kier molecular flexibility index (Phi) is 2.41. The van der Waals surface area contributed by atoms with Gasteiger partial charge in [0.05, 0.1) is 6.04 Å². The molecule has 0 aromatic heterocycles. The van der Waals surface area contributed by atoms with E-state index in [0.29, 0.717) is 10.8 Å². The molecule has 1 aliphatic heterocycles. The van der Waals surface area contributed by atoms with E-state index in [2.05, 4.69) is 0 Å². The lowest BCUT2D eigenvalue weighted by Crippen LogP contribution is -2.51. The van der Waals surface area contributed by atoms with Gasteiger partial charge >= 0.3 is 0 Å². The summed E-state index contributed by atoms with van der Waals surface area (Å²) in [6.45, 7) is 3.63. The largest absolute Gasteiger partial charge is 0.485 e. The number of hydrogen-bond acceptors (Lipinski definition) is 3. The van der Waals surface area contributed by atoms with E-state index >= 15 is 0 Å². The number of halogens is 1. The molecule has 0 aliphatic carbocycles. The first-order chi connectivity index (χ1) is 6.92. The summed E-state index contributed by atoms with van der Waals surface area (Å²) in [5.74, 6) is 0.696. The van der Waals surface area contributed by atoms with Gasteiger partial charge in [0.25, 0.3) is 0 Å². The van der Waals surface area contributed by atoms with Gasteiger partial charge in [-0.2, -0.15) is 0 Å². The van der Waals surface area contributed by atoms with Gasteiger partial charge in [0.2, 0.25) is 0 Å². The Morgan fingerprint density at radius 3 is 2.80 bits per heavy atom. The quantitative estimate of drug-likeness (QED) is 0.712. The van der Waals surface area contributed by atoms with E-state index in [9.17, 15) is 5.11 Å². The normalized spacial score (nSPS) is 28.1. The van der Waals surface area contributed by atoms with Crippen LogP contribution in [0.2, 0.25) is 5.02 Å². The monoisotopic (exact) mass is 227 g/mol. The predicted molar refractivity (Wildman–Crippen MR) is 59.1 cm³/mol. The van der Waals surface area contributed by atoms with Crippen LogP contribution in [-0.4, -0.2) is 16.8 Å². The highest BCUT2D eigenvalue weighted by Crippen LogP contribution is 2.39. The van der Waals surface area contributed by atoms with Crippen molar-refractivity contribution >= 4 is 11.6 Å². The Labute approximate surface area is 93.8 Å². The number of rotatable bonds is 0. The first-order valence-electron chi connectivity index (χ1n) is 4.84. The molecule has 1 aromatic carbocycles. The van der Waals surface area contributed by atoms with Crippen molar-refractivity contribution in [3.05, 3.63) is 28.8 Å². The summed E-state index contributed by atoms with van der Waals surface area (Å²) in [5, 5.41) is 10.5. The number of aliphatic hydroxyl groups is 1. The van der Waals surface area contributed by atoms with Crippen LogP contribution in [0.25, 0.3) is 0 Å². The van der Waals surface area contributed by atoms with Gasteiger partial charge in [-0.15, -0.1) is 0 Å². The maximum Gasteiger partial charge on any atom is 0.131 e. The van der Waals surface area contributed by atoms with Gasteiger partial charge in [-0.05, 0) is 32.0 Å². The van der Waals surface area contributed by atoms with Gasteiger partial charge in [0.15, 0.2) is 0 Å². The summed E-state index contributed by atoms with van der Waals surface area (Å²) in [6, 6.07) is 4.81. The van der Waals surface area contributed by atoms with Crippen molar-refractivity contribution in [2.24, 2.45) is 5.73 Å². The van der Waals surface area contributed by atoms with E-state index in [4.69, 9.17) is 22.1 Å². The fourth-order valence-electron chi connectivity index (χ4n) is 1.82. The van der Waals surface area contributed by atoms with Crippen LogP contribution in [0, 0.1) is 0 Å². The molecule has 0 radical (unpaired) electrons. The van der Waals surface area contributed by atoms with Crippen LogP contribution in [0.3, 0.4) is 0 Å². The highest BCUT2D eigenvalue weighted by Gasteiger charge is 2.41. The highest BCUT2D eigenvalue weighted by atomic mass is 35.5. The van der Waals surface area contributed by atoms with Gasteiger partial charge < -0.3 is 15.6 Å². The Balaban J connectivity index is 2.50. The third kappa shape index (κ3) is 1.71. The van der Waals surface area contributed by atoms with Gasteiger partial charge in [0, 0.05) is 10.6 Å². The molecule has 2 unspecified atom stereocenters. The predicted octanol–water partition coefficient (Wildman–Crippen LogP) is 1.87. The minimum Gasteiger partial charge on any atom is -0.485 e. The van der Waals surface area contributed by atoms with Crippen LogP contribution < -0.4 is 10.5 Å². The second-order valence-electron chi connectivity index (χ2n) is 4.36. The zero-order valence-corrected chi connectivity index (χ0v) is 9.45. The zero-order valence-electron chi connectivity index (χ0n) is 8.70. The second kappa shape index (κ2) is 3.37. The molecule has 1 heterocycles. The SMILES string of the molecule is CC1(C)Oc2ccc(Cl)cc2C(N)C1O. The van der Waals surface area contributed by atoms with Crippen LogP contribution in [0.5, 0.6) is 5.75 Å². The van der Waals surface area contributed by atoms with Crippen molar-refractivity contribution in [2.75, 3.05) is 0 Å². The molecule has 0 saturated heterocycles. The molecule has 0 bridgehead atoms. The van der Waals surface area contributed by atoms with Crippen molar-refractivity contribution in [3.63, 3.8) is 0 Å². The van der Waals surface area contributed by atoms with Crippen molar-refractivity contribution in [3.8, 4) is 5.75 Å². The Hall–Kier alpha value is -0.770. The molecule has 82 valence electrons. The molecule has 3 nitrogen and oxygen atoms in total. The molecule has 15 heavy (non-hydrogen) atoms. The van der Waals surface area contributed by atoms with Gasteiger partial charge in [-0.3, -0.25) is 0 Å². The lowest BCUT2D eigenvalue weighted by molar-refractivity contribution is -0.0571. The summed E-state index contributed by atoms with van der Waals surface area (Å²) in [6.07, 6.45) is -0.733. The van der Waals surface area contributed by atoms with Crippen molar-refractivity contribution in [1.29, 1.82) is 0 Å². The summed E-state index contributed by atoms with van der Waals surface area (Å²) in [7, 11) is 0. The topological polar surface area (TPSA) is 55.5 Å². The number of aliphatic hydroxyl groups excluding tert-OH is 1. The standard InChI is InChI=1S/C11H14ClNO2/c1-11(2)10(14)9(13)7-5-6(12)3-4-8(7)15-11/h3-5,9-10,14H,13H2,1-2H3. The van der Waals surface area contributed by atoms with E-state index in [1.54, 1.807) is 18.2 Å². The van der Waals surface area contributed by atoms with E-state index in [1.807, 2.05) is 13.8 Å². The van der Waals surface area contributed by atoms with Gasteiger partial charge in [0.1, 0.15) is 17.5 Å². The lowest BCUT2D eigenvalue weighted by Gasteiger charge is -2.40. The summed E-state index contributed by atoms with van der Waals surface area (Å²) in [5.41, 5.74) is 6.04. The average Bonchev–Trinajstić information content (AvgIpc) is 2.16. The number of hydrogen-bond donors (Lipinski definition) is 2. The van der Waals surface area contributed by atoms with Crippen LogP contribution in [-0.2, 0) is 0 Å². The zero-order chi connectivity index (χ0) is 11.2. The lowest BCUT2D eigenvalue weighted by atomic mass is 9.87.